The largest absolute Gasteiger partial charge is 0.396 e. The first-order chi connectivity index (χ1) is 10.1. The molecule has 3 N–H and O–H groups in total. The molecule has 3 heterocycles. The lowest BCUT2D eigenvalue weighted by molar-refractivity contribution is 0.0904. The molecule has 0 atom stereocenters. The molecule has 0 bridgehead atoms. The van der Waals surface area contributed by atoms with E-state index < -0.39 is 0 Å². The average molecular weight is 288 g/mol. The van der Waals surface area contributed by atoms with Gasteiger partial charge in [0.05, 0.1) is 22.6 Å². The number of ether oxygens (including phenoxy) is 1. The molecule has 6 nitrogen and oxygen atoms in total. The fourth-order valence-electron chi connectivity index (χ4n) is 2.61. The van der Waals surface area contributed by atoms with E-state index >= 15 is 0 Å². The van der Waals surface area contributed by atoms with Crippen LogP contribution in [0.2, 0.25) is 0 Å². The van der Waals surface area contributed by atoms with Gasteiger partial charge in [0.1, 0.15) is 11.6 Å². The second kappa shape index (κ2) is 5.73. The highest BCUT2D eigenvalue weighted by atomic mass is 16.5. The number of rotatable bonds is 3. The first kappa shape index (κ1) is 13.9. The predicted octanol–water partition coefficient (Wildman–Crippen LogP) is 2.53. The Bertz CT molecular complexity index is 613. The van der Waals surface area contributed by atoms with Gasteiger partial charge in [0, 0.05) is 19.3 Å². The van der Waals surface area contributed by atoms with E-state index in [2.05, 4.69) is 15.5 Å². The smallest absolute Gasteiger partial charge is 0.150 e. The van der Waals surface area contributed by atoms with Gasteiger partial charge in [-0.15, -0.1) is 0 Å². The number of anilines is 2. The monoisotopic (exact) mass is 288 g/mol. The van der Waals surface area contributed by atoms with Gasteiger partial charge in [-0.3, -0.25) is 0 Å². The molecule has 0 amide bonds. The second-order valence-electron chi connectivity index (χ2n) is 5.36. The zero-order valence-electron chi connectivity index (χ0n) is 12.3. The summed E-state index contributed by atoms with van der Waals surface area (Å²) in [6.45, 7) is 5.36. The van der Waals surface area contributed by atoms with E-state index in [0.717, 1.165) is 54.6 Å². The number of hydrogen-bond donors (Lipinski definition) is 2. The zero-order valence-corrected chi connectivity index (χ0v) is 12.3. The summed E-state index contributed by atoms with van der Waals surface area (Å²) < 4.78 is 10.6. The van der Waals surface area contributed by atoms with Crippen molar-refractivity contribution in [2.45, 2.75) is 32.7 Å². The first-order valence-corrected chi connectivity index (χ1v) is 7.19. The summed E-state index contributed by atoms with van der Waals surface area (Å²) in [7, 11) is 0. The molecule has 0 spiro atoms. The second-order valence-corrected chi connectivity index (χ2v) is 5.36. The number of nitrogens with two attached hydrogens (primary N) is 1. The van der Waals surface area contributed by atoms with Gasteiger partial charge in [0.25, 0.3) is 0 Å². The van der Waals surface area contributed by atoms with Gasteiger partial charge in [-0.2, -0.15) is 0 Å². The summed E-state index contributed by atoms with van der Waals surface area (Å²) in [4.78, 5) is 4.65. The molecule has 6 heteroatoms. The fourth-order valence-corrected chi connectivity index (χ4v) is 2.61. The van der Waals surface area contributed by atoms with Crippen molar-refractivity contribution in [2.24, 2.45) is 0 Å². The minimum absolute atomic E-state index is 0.355. The number of aryl methyl sites for hydroxylation is 2. The molecule has 2 aromatic heterocycles. The summed E-state index contributed by atoms with van der Waals surface area (Å²) in [5.74, 6) is 1.49. The van der Waals surface area contributed by atoms with Crippen LogP contribution in [0.15, 0.2) is 16.7 Å². The molecule has 112 valence electrons. The van der Waals surface area contributed by atoms with Gasteiger partial charge in [0.15, 0.2) is 0 Å². The third-order valence-electron chi connectivity index (χ3n) is 3.78. The number of nitrogens with zero attached hydrogens (tertiary/aromatic N) is 2. The Morgan fingerprint density at radius 2 is 2.00 bits per heavy atom. The number of aromatic nitrogens is 2. The molecular weight excluding hydrogens is 268 g/mol. The average Bonchev–Trinajstić information content (AvgIpc) is 2.82. The van der Waals surface area contributed by atoms with Crippen LogP contribution in [0.3, 0.4) is 0 Å². The Morgan fingerprint density at radius 3 is 2.67 bits per heavy atom. The zero-order chi connectivity index (χ0) is 14.8. The maximum absolute atomic E-state index is 6.04. The lowest BCUT2D eigenvalue weighted by Gasteiger charge is -2.24. The van der Waals surface area contributed by atoms with Gasteiger partial charge in [-0.05, 0) is 38.8 Å². The van der Waals surface area contributed by atoms with Crippen molar-refractivity contribution in [2.75, 3.05) is 24.3 Å². The normalized spacial score (nSPS) is 16.1. The predicted molar refractivity (Wildman–Crippen MR) is 81.1 cm³/mol. The standard InChI is InChI=1S/C15H20N4O2/c1-9-14(10(2)21-19-9)13-4-3-12(16)15(18-13)17-11-5-7-20-8-6-11/h3-4,11H,5-8,16H2,1-2H3,(H,17,18). The third-order valence-corrected chi connectivity index (χ3v) is 3.78. The topological polar surface area (TPSA) is 86.2 Å². The third kappa shape index (κ3) is 2.85. The van der Waals surface area contributed by atoms with Crippen molar-refractivity contribution in [3.63, 3.8) is 0 Å². The molecule has 0 radical (unpaired) electrons. The minimum atomic E-state index is 0.355. The summed E-state index contributed by atoms with van der Waals surface area (Å²) in [6, 6.07) is 4.13. The molecule has 2 aromatic rings. The highest BCUT2D eigenvalue weighted by molar-refractivity contribution is 5.71. The summed E-state index contributed by atoms with van der Waals surface area (Å²) >= 11 is 0. The van der Waals surface area contributed by atoms with Crippen molar-refractivity contribution in [1.82, 2.24) is 10.1 Å². The molecule has 3 rings (SSSR count). The number of nitrogen functional groups attached to an aromatic ring is 1. The summed E-state index contributed by atoms with van der Waals surface area (Å²) in [5, 5.41) is 7.40. The van der Waals surface area contributed by atoms with Gasteiger partial charge in [0.2, 0.25) is 0 Å². The van der Waals surface area contributed by atoms with E-state index in [1.165, 1.54) is 0 Å². The lowest BCUT2D eigenvalue weighted by atomic mass is 10.1. The van der Waals surface area contributed by atoms with E-state index in [9.17, 15) is 0 Å². The highest BCUT2D eigenvalue weighted by Gasteiger charge is 2.18. The molecule has 1 aliphatic heterocycles. The molecule has 1 fully saturated rings. The molecule has 21 heavy (non-hydrogen) atoms. The molecule has 1 saturated heterocycles. The van der Waals surface area contributed by atoms with E-state index in [0.29, 0.717) is 11.7 Å². The van der Waals surface area contributed by atoms with Crippen LogP contribution < -0.4 is 11.1 Å². The van der Waals surface area contributed by atoms with Gasteiger partial charge in [-0.1, -0.05) is 5.16 Å². The van der Waals surface area contributed by atoms with E-state index in [1.54, 1.807) is 0 Å². The summed E-state index contributed by atoms with van der Waals surface area (Å²) in [5.41, 5.74) is 9.29. The quantitative estimate of drug-likeness (QED) is 0.902. The Morgan fingerprint density at radius 1 is 1.24 bits per heavy atom. The van der Waals surface area contributed by atoms with Crippen LogP contribution >= 0.6 is 0 Å². The number of pyridine rings is 1. The number of nitrogens with one attached hydrogen (secondary N) is 1. The Hall–Kier alpha value is -2.08. The minimum Gasteiger partial charge on any atom is -0.396 e. The van der Waals surface area contributed by atoms with E-state index in [-0.39, 0.29) is 0 Å². The van der Waals surface area contributed by atoms with Crippen molar-refractivity contribution in [1.29, 1.82) is 0 Å². The molecule has 0 aromatic carbocycles. The number of hydrogen-bond acceptors (Lipinski definition) is 6. The maximum Gasteiger partial charge on any atom is 0.150 e. The molecule has 0 saturated carbocycles. The van der Waals surface area contributed by atoms with Crippen LogP contribution in [0.5, 0.6) is 0 Å². The summed E-state index contributed by atoms with van der Waals surface area (Å²) in [6.07, 6.45) is 1.94. The molecular formula is C15H20N4O2. The maximum atomic E-state index is 6.04. The van der Waals surface area contributed by atoms with Crippen molar-refractivity contribution >= 4 is 11.5 Å². The van der Waals surface area contributed by atoms with Crippen LogP contribution in [-0.4, -0.2) is 29.4 Å². The van der Waals surface area contributed by atoms with Crippen molar-refractivity contribution < 1.29 is 9.26 Å². The van der Waals surface area contributed by atoms with Gasteiger partial charge < -0.3 is 20.3 Å². The van der Waals surface area contributed by atoms with Crippen LogP contribution in [0.25, 0.3) is 11.3 Å². The molecule has 0 unspecified atom stereocenters. The van der Waals surface area contributed by atoms with Gasteiger partial charge in [-0.25, -0.2) is 4.98 Å². The lowest BCUT2D eigenvalue weighted by Crippen LogP contribution is -2.28. The van der Waals surface area contributed by atoms with Crippen LogP contribution in [0, 0.1) is 13.8 Å². The Kier molecular flexibility index (Phi) is 3.79. The van der Waals surface area contributed by atoms with Crippen LogP contribution in [-0.2, 0) is 4.74 Å². The SMILES string of the molecule is Cc1noc(C)c1-c1ccc(N)c(NC2CCOCC2)n1. The van der Waals surface area contributed by atoms with Crippen LogP contribution in [0.1, 0.15) is 24.3 Å². The Balaban J connectivity index is 1.89. The van der Waals surface area contributed by atoms with Crippen molar-refractivity contribution in [3.05, 3.63) is 23.6 Å². The Labute approximate surface area is 123 Å². The molecule has 1 aliphatic rings. The van der Waals surface area contributed by atoms with Gasteiger partial charge >= 0.3 is 0 Å². The van der Waals surface area contributed by atoms with E-state index in [1.807, 2.05) is 26.0 Å². The van der Waals surface area contributed by atoms with E-state index in [4.69, 9.17) is 15.0 Å². The van der Waals surface area contributed by atoms with Crippen molar-refractivity contribution in [3.8, 4) is 11.3 Å². The first-order valence-electron chi connectivity index (χ1n) is 7.19. The molecule has 0 aliphatic carbocycles. The fraction of sp³-hybridized carbons (Fsp3) is 0.467. The van der Waals surface area contributed by atoms with Crippen LogP contribution in [0.4, 0.5) is 11.5 Å². The highest BCUT2D eigenvalue weighted by Crippen LogP contribution is 2.29.